The smallest absolute Gasteiger partial charge is 0.232 e. The van der Waals surface area contributed by atoms with Crippen LogP contribution in [-0.4, -0.2) is 10.9 Å². The molecular weight excluding hydrogens is 236 g/mol. The van der Waals surface area contributed by atoms with E-state index in [1.165, 1.54) is 0 Å². The molecule has 0 aliphatic carbocycles. The lowest BCUT2D eigenvalue weighted by Gasteiger charge is -1.96. The number of allylic oxidation sites excluding steroid dienone is 1. The maximum absolute atomic E-state index is 11.6. The summed E-state index contributed by atoms with van der Waals surface area (Å²) in [5, 5.41) is 9.76. The zero-order valence-electron chi connectivity index (χ0n) is 10.2. The third kappa shape index (κ3) is 3.86. The van der Waals surface area contributed by atoms with E-state index < -0.39 is 5.78 Å². The molecule has 0 saturated heterocycles. The lowest BCUT2D eigenvalue weighted by molar-refractivity contribution is -0.109. The molecule has 0 saturated carbocycles. The molecule has 0 bridgehead atoms. The number of aliphatic hydroxyl groups excluding tert-OH is 1. The van der Waals surface area contributed by atoms with Crippen LogP contribution in [0, 0.1) is 11.8 Å². The number of aliphatic hydroxyl groups is 1. The quantitative estimate of drug-likeness (QED) is 0.503. The van der Waals surface area contributed by atoms with E-state index >= 15 is 0 Å². The van der Waals surface area contributed by atoms with Crippen LogP contribution in [0.4, 0.5) is 0 Å². The summed E-state index contributed by atoms with van der Waals surface area (Å²) in [6.45, 7) is 0. The molecule has 2 heteroatoms. The van der Waals surface area contributed by atoms with Crippen molar-refractivity contribution in [2.45, 2.75) is 0 Å². The average molecular weight is 248 g/mol. The maximum Gasteiger partial charge on any atom is 0.232 e. The zero-order chi connectivity index (χ0) is 13.5. The summed E-state index contributed by atoms with van der Waals surface area (Å²) in [5.74, 6) is 4.72. The molecule has 0 fully saturated rings. The predicted molar refractivity (Wildman–Crippen MR) is 75.4 cm³/mol. The van der Waals surface area contributed by atoms with E-state index in [1.807, 2.05) is 36.4 Å². The Morgan fingerprint density at radius 2 is 1.53 bits per heavy atom. The molecule has 0 aromatic heterocycles. The normalized spacial score (nSPS) is 10.4. The Labute approximate surface area is 112 Å². The maximum atomic E-state index is 11.6. The number of hydrogen-bond acceptors (Lipinski definition) is 2. The molecule has 0 radical (unpaired) electrons. The van der Waals surface area contributed by atoms with E-state index in [2.05, 4.69) is 11.8 Å². The first-order valence-electron chi connectivity index (χ1n) is 5.83. The van der Waals surface area contributed by atoms with E-state index in [9.17, 15) is 9.90 Å². The second kappa shape index (κ2) is 6.23. The van der Waals surface area contributed by atoms with E-state index in [1.54, 1.807) is 24.3 Å². The second-order valence-corrected chi connectivity index (χ2v) is 3.88. The molecule has 0 aliphatic rings. The molecular formula is C17H12O2. The van der Waals surface area contributed by atoms with Gasteiger partial charge in [0.05, 0.1) is 0 Å². The molecule has 0 heterocycles. The summed E-state index contributed by atoms with van der Waals surface area (Å²) < 4.78 is 0. The number of rotatable bonds is 2. The molecule has 2 rings (SSSR count). The lowest BCUT2D eigenvalue weighted by atomic mass is 10.1. The van der Waals surface area contributed by atoms with Crippen molar-refractivity contribution >= 4 is 11.5 Å². The van der Waals surface area contributed by atoms with Gasteiger partial charge in [-0.25, -0.2) is 0 Å². The topological polar surface area (TPSA) is 37.3 Å². The number of carbonyl (C=O) groups excluding carboxylic acids is 1. The summed E-state index contributed by atoms with van der Waals surface area (Å²) in [6.07, 6.45) is 1.13. The average Bonchev–Trinajstić information content (AvgIpc) is 2.47. The highest BCUT2D eigenvalue weighted by molar-refractivity contribution is 6.07. The van der Waals surface area contributed by atoms with Crippen molar-refractivity contribution in [1.29, 1.82) is 0 Å². The van der Waals surface area contributed by atoms with Crippen LogP contribution in [0.25, 0.3) is 5.76 Å². The SMILES string of the molecule is O=C(C#Cc1ccccc1)/C=C(\O)c1ccccc1. The van der Waals surface area contributed by atoms with Crippen LogP contribution < -0.4 is 0 Å². The molecule has 0 amide bonds. The van der Waals surface area contributed by atoms with E-state index in [0.717, 1.165) is 11.6 Å². The standard InChI is InChI=1S/C17H12O2/c18-16(12-11-14-7-3-1-4-8-14)13-17(19)15-9-5-2-6-10-15/h1-10,13,19H/b17-13-. The highest BCUT2D eigenvalue weighted by Gasteiger charge is 1.99. The van der Waals surface area contributed by atoms with Crippen molar-refractivity contribution in [3.05, 3.63) is 77.9 Å². The summed E-state index contributed by atoms with van der Waals surface area (Å²) in [6, 6.07) is 18.1. The monoisotopic (exact) mass is 248 g/mol. The summed E-state index contributed by atoms with van der Waals surface area (Å²) >= 11 is 0. The van der Waals surface area contributed by atoms with Crippen molar-refractivity contribution in [2.75, 3.05) is 0 Å². The van der Waals surface area contributed by atoms with E-state index in [-0.39, 0.29) is 5.76 Å². The van der Waals surface area contributed by atoms with E-state index in [0.29, 0.717) is 5.56 Å². The Kier molecular flexibility index (Phi) is 4.15. The summed E-state index contributed by atoms with van der Waals surface area (Å²) in [7, 11) is 0. The second-order valence-electron chi connectivity index (χ2n) is 3.88. The lowest BCUT2D eigenvalue weighted by Crippen LogP contribution is -1.91. The van der Waals surface area contributed by atoms with Gasteiger partial charge in [0.15, 0.2) is 0 Å². The molecule has 2 aromatic rings. The number of carbonyl (C=O) groups is 1. The van der Waals surface area contributed by atoms with Gasteiger partial charge < -0.3 is 5.11 Å². The van der Waals surface area contributed by atoms with Gasteiger partial charge >= 0.3 is 0 Å². The molecule has 0 unspecified atom stereocenters. The Hall–Kier alpha value is -2.79. The Balaban J connectivity index is 2.12. The Bertz CT molecular complexity index is 644. The van der Waals surface area contributed by atoms with Gasteiger partial charge in [-0.05, 0) is 18.1 Å². The molecule has 1 N–H and O–H groups in total. The molecule has 0 atom stereocenters. The molecule has 19 heavy (non-hydrogen) atoms. The van der Waals surface area contributed by atoms with Gasteiger partial charge in [-0.2, -0.15) is 0 Å². The highest BCUT2D eigenvalue weighted by atomic mass is 16.3. The van der Waals surface area contributed by atoms with E-state index in [4.69, 9.17) is 0 Å². The fraction of sp³-hybridized carbons (Fsp3) is 0. The third-order valence-electron chi connectivity index (χ3n) is 2.44. The fourth-order valence-electron chi connectivity index (χ4n) is 1.51. The first kappa shape index (κ1) is 12.7. The predicted octanol–water partition coefficient (Wildman–Crippen LogP) is 3.21. The van der Waals surface area contributed by atoms with Gasteiger partial charge in [-0.1, -0.05) is 54.5 Å². The van der Waals surface area contributed by atoms with Crippen LogP contribution in [0.1, 0.15) is 11.1 Å². The van der Waals surface area contributed by atoms with Crippen molar-refractivity contribution in [3.63, 3.8) is 0 Å². The van der Waals surface area contributed by atoms with Crippen LogP contribution in [0.3, 0.4) is 0 Å². The minimum atomic E-state index is -0.426. The summed E-state index contributed by atoms with van der Waals surface area (Å²) in [4.78, 5) is 11.6. The van der Waals surface area contributed by atoms with Crippen LogP contribution in [-0.2, 0) is 4.79 Å². The van der Waals surface area contributed by atoms with Gasteiger partial charge in [0, 0.05) is 17.2 Å². The van der Waals surface area contributed by atoms with Crippen LogP contribution in [0.5, 0.6) is 0 Å². The van der Waals surface area contributed by atoms with Crippen molar-refractivity contribution < 1.29 is 9.90 Å². The molecule has 92 valence electrons. The van der Waals surface area contributed by atoms with Crippen LogP contribution in [0.2, 0.25) is 0 Å². The van der Waals surface area contributed by atoms with Crippen molar-refractivity contribution in [3.8, 4) is 11.8 Å². The van der Waals surface area contributed by atoms with Gasteiger partial charge in [0.25, 0.3) is 0 Å². The fourth-order valence-corrected chi connectivity index (χ4v) is 1.51. The summed E-state index contributed by atoms with van der Waals surface area (Å²) in [5.41, 5.74) is 1.36. The van der Waals surface area contributed by atoms with Crippen LogP contribution >= 0.6 is 0 Å². The first-order valence-corrected chi connectivity index (χ1v) is 5.83. The Morgan fingerprint density at radius 3 is 2.16 bits per heavy atom. The van der Waals surface area contributed by atoms with Gasteiger partial charge in [-0.3, -0.25) is 4.79 Å². The molecule has 2 nitrogen and oxygen atoms in total. The highest BCUT2D eigenvalue weighted by Crippen LogP contribution is 2.09. The Morgan fingerprint density at radius 1 is 0.947 bits per heavy atom. The molecule has 0 spiro atoms. The van der Waals surface area contributed by atoms with Gasteiger partial charge in [0.2, 0.25) is 5.78 Å². The van der Waals surface area contributed by atoms with Crippen molar-refractivity contribution in [2.24, 2.45) is 0 Å². The molecule has 2 aromatic carbocycles. The van der Waals surface area contributed by atoms with Crippen molar-refractivity contribution in [1.82, 2.24) is 0 Å². The number of hydrogen-bond donors (Lipinski definition) is 1. The van der Waals surface area contributed by atoms with Crippen LogP contribution in [0.15, 0.2) is 66.7 Å². The number of ketones is 1. The van der Waals surface area contributed by atoms with Gasteiger partial charge in [0.1, 0.15) is 5.76 Å². The first-order chi connectivity index (χ1) is 9.25. The number of benzene rings is 2. The largest absolute Gasteiger partial charge is 0.507 e. The van der Waals surface area contributed by atoms with Gasteiger partial charge in [-0.15, -0.1) is 0 Å². The zero-order valence-corrected chi connectivity index (χ0v) is 10.2. The molecule has 0 aliphatic heterocycles. The third-order valence-corrected chi connectivity index (χ3v) is 2.44. The minimum absolute atomic E-state index is 0.0760. The minimum Gasteiger partial charge on any atom is -0.507 e.